The lowest BCUT2D eigenvalue weighted by molar-refractivity contribution is -0.116. The molecule has 1 unspecified atom stereocenters. The summed E-state index contributed by atoms with van der Waals surface area (Å²) in [6.45, 7) is 0.305. The predicted octanol–water partition coefficient (Wildman–Crippen LogP) is 2.71. The number of methoxy groups -OCH3 is 1. The van der Waals surface area contributed by atoms with Gasteiger partial charge >= 0.3 is 5.97 Å². The first-order chi connectivity index (χ1) is 10.6. The molecule has 0 bridgehead atoms. The Bertz CT molecular complexity index is 544. The Kier molecular flexibility index (Phi) is 6.60. The minimum atomic E-state index is -1.02. The molecule has 0 saturated carbocycles. The number of carbonyl (C=O) groups is 2. The molecule has 0 radical (unpaired) electrons. The third kappa shape index (κ3) is 5.23. The normalized spacial score (nSPS) is 18.0. The van der Waals surface area contributed by atoms with Crippen molar-refractivity contribution in [3.8, 4) is 0 Å². The second-order valence-corrected chi connectivity index (χ2v) is 7.53. The molecule has 1 aromatic carbocycles. The second kappa shape index (κ2) is 8.45. The van der Waals surface area contributed by atoms with Crippen LogP contribution in [-0.2, 0) is 16.1 Å². The number of hydrogen-bond donors (Lipinski definition) is 2. The van der Waals surface area contributed by atoms with Gasteiger partial charge in [0, 0.05) is 41.7 Å². The molecule has 5 nitrogen and oxygen atoms in total. The molecule has 1 aliphatic heterocycles. The largest absolute Gasteiger partial charge is 0.478 e. The number of rotatable bonds is 6. The molecule has 1 atom stereocenters. The lowest BCUT2D eigenvalue weighted by atomic mass is 10.1. The highest BCUT2D eigenvalue weighted by Crippen LogP contribution is 2.26. The minimum absolute atomic E-state index is 0.0779. The molecule has 7 heteroatoms. The predicted molar refractivity (Wildman–Crippen MR) is 90.9 cm³/mol. The van der Waals surface area contributed by atoms with Crippen molar-refractivity contribution in [2.24, 2.45) is 0 Å². The number of benzene rings is 1. The third-order valence-electron chi connectivity index (χ3n) is 3.13. The molecule has 0 spiro atoms. The summed E-state index contributed by atoms with van der Waals surface area (Å²) < 4.78 is 5.03. The summed E-state index contributed by atoms with van der Waals surface area (Å²) in [7, 11) is 1.55. The van der Waals surface area contributed by atoms with Crippen molar-refractivity contribution >= 4 is 41.1 Å². The van der Waals surface area contributed by atoms with E-state index >= 15 is 0 Å². The molecular formula is C15H19NO4S2. The van der Waals surface area contributed by atoms with Gasteiger partial charge in [0.1, 0.15) is 0 Å². The fraction of sp³-hybridized carbons (Fsp3) is 0.467. The van der Waals surface area contributed by atoms with E-state index in [-0.39, 0.29) is 11.5 Å². The summed E-state index contributed by atoms with van der Waals surface area (Å²) >= 11 is 3.70. The number of thioether (sulfide) groups is 2. The molecule has 1 heterocycles. The molecule has 2 rings (SSSR count). The van der Waals surface area contributed by atoms with Gasteiger partial charge in [-0.1, -0.05) is 0 Å². The van der Waals surface area contributed by atoms with Gasteiger partial charge in [-0.3, -0.25) is 4.79 Å². The van der Waals surface area contributed by atoms with Crippen molar-refractivity contribution in [3.05, 3.63) is 29.3 Å². The van der Waals surface area contributed by atoms with Crippen LogP contribution in [0.2, 0.25) is 0 Å². The highest BCUT2D eigenvalue weighted by molar-refractivity contribution is 8.06. The monoisotopic (exact) mass is 341 g/mol. The third-order valence-corrected chi connectivity index (χ3v) is 5.98. The summed E-state index contributed by atoms with van der Waals surface area (Å²) in [5.74, 6) is 2.11. The van der Waals surface area contributed by atoms with Crippen LogP contribution in [0.1, 0.15) is 22.3 Å². The number of amides is 1. The molecule has 1 aliphatic rings. The Morgan fingerprint density at radius 2 is 2.18 bits per heavy atom. The zero-order chi connectivity index (χ0) is 15.9. The topological polar surface area (TPSA) is 75.6 Å². The highest BCUT2D eigenvalue weighted by Gasteiger charge is 2.18. The summed E-state index contributed by atoms with van der Waals surface area (Å²) in [6.07, 6.45) is 0.453. The van der Waals surface area contributed by atoms with E-state index < -0.39 is 5.97 Å². The summed E-state index contributed by atoms with van der Waals surface area (Å²) in [6, 6.07) is 4.77. The second-order valence-electron chi connectivity index (χ2n) is 4.98. The van der Waals surface area contributed by atoms with Crippen LogP contribution in [0.15, 0.2) is 18.2 Å². The molecule has 1 saturated heterocycles. The number of hydrogen-bond acceptors (Lipinski definition) is 5. The van der Waals surface area contributed by atoms with Crippen LogP contribution in [0.4, 0.5) is 5.69 Å². The molecule has 120 valence electrons. The van der Waals surface area contributed by atoms with Gasteiger partial charge in [-0.2, -0.15) is 23.5 Å². The van der Waals surface area contributed by atoms with E-state index in [1.807, 2.05) is 23.5 Å². The van der Waals surface area contributed by atoms with E-state index in [9.17, 15) is 9.59 Å². The van der Waals surface area contributed by atoms with E-state index in [2.05, 4.69) is 5.32 Å². The molecule has 1 aromatic rings. The van der Waals surface area contributed by atoms with Crippen molar-refractivity contribution in [3.63, 3.8) is 0 Å². The lowest BCUT2D eigenvalue weighted by Gasteiger charge is -2.20. The number of ether oxygens (including phenoxy) is 1. The van der Waals surface area contributed by atoms with Crippen LogP contribution in [-0.4, -0.2) is 46.6 Å². The van der Waals surface area contributed by atoms with Gasteiger partial charge in [0.2, 0.25) is 5.91 Å². The maximum Gasteiger partial charge on any atom is 0.335 e. The average molecular weight is 341 g/mol. The van der Waals surface area contributed by atoms with Gasteiger partial charge in [0.05, 0.1) is 12.2 Å². The van der Waals surface area contributed by atoms with E-state index in [0.717, 1.165) is 22.8 Å². The van der Waals surface area contributed by atoms with E-state index in [1.165, 1.54) is 6.07 Å². The first kappa shape index (κ1) is 17.2. The quantitative estimate of drug-likeness (QED) is 0.828. The van der Waals surface area contributed by atoms with Crippen molar-refractivity contribution in [1.29, 1.82) is 0 Å². The van der Waals surface area contributed by atoms with Gasteiger partial charge < -0.3 is 15.2 Å². The zero-order valence-corrected chi connectivity index (χ0v) is 14.0. The maximum atomic E-state index is 12.1. The Morgan fingerprint density at radius 3 is 2.82 bits per heavy atom. The van der Waals surface area contributed by atoms with E-state index in [0.29, 0.717) is 24.0 Å². The smallest absolute Gasteiger partial charge is 0.335 e. The van der Waals surface area contributed by atoms with Gasteiger partial charge in [0.25, 0.3) is 0 Å². The van der Waals surface area contributed by atoms with Crippen LogP contribution in [0, 0.1) is 0 Å². The van der Waals surface area contributed by atoms with Crippen molar-refractivity contribution in [2.45, 2.75) is 18.3 Å². The Morgan fingerprint density at radius 1 is 1.36 bits per heavy atom. The Hall–Kier alpha value is -1.18. The summed E-state index contributed by atoms with van der Waals surface area (Å²) in [5.41, 5.74) is 1.37. The van der Waals surface area contributed by atoms with E-state index in [1.54, 1.807) is 19.2 Å². The molecular weight excluding hydrogens is 322 g/mol. The van der Waals surface area contributed by atoms with Crippen LogP contribution in [0.5, 0.6) is 0 Å². The van der Waals surface area contributed by atoms with Crippen LogP contribution < -0.4 is 5.32 Å². The first-order valence-electron chi connectivity index (χ1n) is 6.94. The number of carboxylic acids is 1. The van der Waals surface area contributed by atoms with Crippen LogP contribution in [0.25, 0.3) is 0 Å². The number of nitrogens with one attached hydrogen (secondary N) is 1. The summed E-state index contributed by atoms with van der Waals surface area (Å²) in [4.78, 5) is 23.3. The fourth-order valence-electron chi connectivity index (χ4n) is 2.21. The van der Waals surface area contributed by atoms with Crippen molar-refractivity contribution in [2.75, 3.05) is 29.7 Å². The first-order valence-corrected chi connectivity index (χ1v) is 9.14. The minimum Gasteiger partial charge on any atom is -0.478 e. The fourth-order valence-corrected chi connectivity index (χ4v) is 4.89. The number of aromatic carboxylic acids is 1. The van der Waals surface area contributed by atoms with Crippen molar-refractivity contribution in [1.82, 2.24) is 0 Å². The van der Waals surface area contributed by atoms with Gasteiger partial charge in [0.15, 0.2) is 0 Å². The van der Waals surface area contributed by atoms with Crippen molar-refractivity contribution < 1.29 is 19.4 Å². The molecule has 0 aliphatic carbocycles. The van der Waals surface area contributed by atoms with Crippen LogP contribution in [0.3, 0.4) is 0 Å². The molecule has 2 N–H and O–H groups in total. The SMILES string of the molecule is COCc1cc(NC(=O)CC2CSCCS2)cc(C(=O)O)c1. The average Bonchev–Trinajstić information content (AvgIpc) is 2.48. The Balaban J connectivity index is 2.03. The van der Waals surface area contributed by atoms with Gasteiger partial charge in [-0.25, -0.2) is 4.79 Å². The Labute approximate surface area is 138 Å². The molecule has 1 amide bonds. The summed E-state index contributed by atoms with van der Waals surface area (Å²) in [5, 5.41) is 12.3. The molecule has 22 heavy (non-hydrogen) atoms. The number of anilines is 1. The number of carbonyl (C=O) groups excluding carboxylic acids is 1. The molecule has 1 fully saturated rings. The lowest BCUT2D eigenvalue weighted by Crippen LogP contribution is -2.22. The standard InChI is InChI=1S/C15H19NO4S2/c1-20-8-10-4-11(15(18)19)6-12(5-10)16-14(17)7-13-9-21-2-3-22-13/h4-6,13H,2-3,7-9H2,1H3,(H,16,17)(H,18,19). The maximum absolute atomic E-state index is 12.1. The zero-order valence-electron chi connectivity index (χ0n) is 12.3. The van der Waals surface area contributed by atoms with Gasteiger partial charge in [-0.05, 0) is 23.8 Å². The van der Waals surface area contributed by atoms with E-state index in [4.69, 9.17) is 9.84 Å². The molecule has 0 aromatic heterocycles. The number of carboxylic acid groups (broad SMARTS) is 1. The van der Waals surface area contributed by atoms with Crippen LogP contribution >= 0.6 is 23.5 Å². The highest BCUT2D eigenvalue weighted by atomic mass is 32.2. The van der Waals surface area contributed by atoms with Gasteiger partial charge in [-0.15, -0.1) is 0 Å².